The maximum absolute atomic E-state index is 13.7. The number of amides is 1. The Hall–Kier alpha value is -2.25. The Labute approximate surface area is 139 Å². The van der Waals surface area contributed by atoms with Gasteiger partial charge in [-0.05, 0) is 30.9 Å². The number of hydrogen-bond acceptors (Lipinski definition) is 4. The topological polar surface area (TPSA) is 76.4 Å². The van der Waals surface area contributed by atoms with Gasteiger partial charge in [-0.15, -0.1) is 0 Å². The van der Waals surface area contributed by atoms with E-state index >= 15 is 0 Å². The molecule has 1 aliphatic carbocycles. The molecule has 7 heteroatoms. The zero-order valence-corrected chi connectivity index (χ0v) is 13.2. The summed E-state index contributed by atoms with van der Waals surface area (Å²) < 4.78 is 20.4. The van der Waals surface area contributed by atoms with Crippen molar-refractivity contribution in [3.63, 3.8) is 0 Å². The molecule has 1 fully saturated rings. The first-order valence-corrected chi connectivity index (χ1v) is 7.97. The Morgan fingerprint density at radius 2 is 2.25 bits per heavy atom. The quantitative estimate of drug-likeness (QED) is 0.768. The van der Waals surface area contributed by atoms with E-state index in [0.717, 1.165) is 0 Å². The molecule has 0 spiro atoms. The first-order chi connectivity index (χ1) is 11.6. The number of carbonyl (C=O) groups is 1. The molecule has 1 amide bonds. The highest BCUT2D eigenvalue weighted by atomic mass is 19.1. The predicted molar refractivity (Wildman–Crippen MR) is 85.4 cm³/mol. The maximum Gasteiger partial charge on any atom is 0.254 e. The smallest absolute Gasteiger partial charge is 0.254 e. The van der Waals surface area contributed by atoms with E-state index in [1.54, 1.807) is 18.2 Å². The van der Waals surface area contributed by atoms with Crippen LogP contribution in [-0.4, -0.2) is 46.7 Å². The summed E-state index contributed by atoms with van der Waals surface area (Å²) in [5.74, 6) is -0.161. The van der Waals surface area contributed by atoms with Crippen LogP contribution < -0.4 is 5.32 Å². The molecule has 0 radical (unpaired) electrons. The molecule has 1 saturated carbocycles. The Kier molecular flexibility index (Phi) is 5.22. The number of aliphatic hydroxyl groups excluding tert-OH is 1. The second-order valence-electron chi connectivity index (χ2n) is 5.97. The minimum absolute atomic E-state index is 0.0916. The molecule has 1 aliphatic rings. The number of aromatic nitrogens is 2. The van der Waals surface area contributed by atoms with E-state index in [4.69, 9.17) is 4.74 Å². The minimum Gasteiger partial charge on any atom is -0.389 e. The van der Waals surface area contributed by atoms with Gasteiger partial charge in [-0.25, -0.2) is 9.07 Å². The van der Waals surface area contributed by atoms with Crippen molar-refractivity contribution in [3.8, 4) is 5.69 Å². The number of nitrogens with one attached hydrogen (secondary N) is 1. The van der Waals surface area contributed by atoms with E-state index < -0.39 is 11.9 Å². The minimum atomic E-state index is -0.755. The monoisotopic (exact) mass is 333 g/mol. The molecular weight excluding hydrogens is 313 g/mol. The number of nitrogens with zero attached hydrogens (tertiary/aromatic N) is 2. The van der Waals surface area contributed by atoms with Crippen molar-refractivity contribution in [2.45, 2.75) is 18.9 Å². The van der Waals surface area contributed by atoms with Crippen LogP contribution in [-0.2, 0) is 4.74 Å². The third-order valence-corrected chi connectivity index (χ3v) is 3.80. The molecule has 1 atom stereocenters. The first kappa shape index (κ1) is 16.6. The molecule has 128 valence electrons. The molecule has 2 N–H and O–H groups in total. The van der Waals surface area contributed by atoms with E-state index in [9.17, 15) is 14.3 Å². The van der Waals surface area contributed by atoms with E-state index in [1.165, 1.54) is 36.0 Å². The van der Waals surface area contributed by atoms with Crippen LogP contribution >= 0.6 is 0 Å². The summed E-state index contributed by atoms with van der Waals surface area (Å²) in [7, 11) is 0. The van der Waals surface area contributed by atoms with Crippen LogP contribution in [0.1, 0.15) is 23.2 Å². The normalized spacial score (nSPS) is 15.2. The zero-order chi connectivity index (χ0) is 16.9. The van der Waals surface area contributed by atoms with Gasteiger partial charge in [0.05, 0.1) is 24.5 Å². The number of aliphatic hydroxyl groups is 1. The van der Waals surface area contributed by atoms with Gasteiger partial charge in [-0.1, -0.05) is 12.1 Å². The van der Waals surface area contributed by atoms with Gasteiger partial charge >= 0.3 is 0 Å². The molecule has 6 nitrogen and oxygen atoms in total. The lowest BCUT2D eigenvalue weighted by Gasteiger charge is -2.11. The number of hydrogen-bond donors (Lipinski definition) is 2. The number of carbonyl (C=O) groups excluding carboxylic acids is 1. The molecule has 0 bridgehead atoms. The number of halogens is 1. The second kappa shape index (κ2) is 7.55. The largest absolute Gasteiger partial charge is 0.389 e. The van der Waals surface area contributed by atoms with Crippen LogP contribution in [0.25, 0.3) is 5.69 Å². The molecule has 24 heavy (non-hydrogen) atoms. The van der Waals surface area contributed by atoms with Crippen LogP contribution in [0.5, 0.6) is 0 Å². The highest BCUT2D eigenvalue weighted by Crippen LogP contribution is 2.28. The van der Waals surface area contributed by atoms with Crippen molar-refractivity contribution in [2.24, 2.45) is 5.92 Å². The molecule has 1 unspecified atom stereocenters. The van der Waals surface area contributed by atoms with E-state index in [0.29, 0.717) is 18.1 Å². The summed E-state index contributed by atoms with van der Waals surface area (Å²) >= 11 is 0. The Morgan fingerprint density at radius 1 is 1.46 bits per heavy atom. The highest BCUT2D eigenvalue weighted by Gasteiger charge is 2.21. The number of para-hydroxylation sites is 1. The Balaban J connectivity index is 1.49. The maximum atomic E-state index is 13.7. The summed E-state index contributed by atoms with van der Waals surface area (Å²) in [6.45, 7) is 0.958. The fraction of sp³-hybridized carbons (Fsp3) is 0.412. The zero-order valence-electron chi connectivity index (χ0n) is 13.2. The average molecular weight is 333 g/mol. The van der Waals surface area contributed by atoms with Crippen molar-refractivity contribution in [1.82, 2.24) is 15.1 Å². The van der Waals surface area contributed by atoms with Crippen LogP contribution in [0.3, 0.4) is 0 Å². The number of rotatable bonds is 8. The second-order valence-corrected chi connectivity index (χ2v) is 5.97. The van der Waals surface area contributed by atoms with Gasteiger partial charge in [0, 0.05) is 19.3 Å². The number of benzene rings is 1. The van der Waals surface area contributed by atoms with Crippen molar-refractivity contribution < 1.29 is 19.0 Å². The third-order valence-electron chi connectivity index (χ3n) is 3.80. The van der Waals surface area contributed by atoms with Crippen LogP contribution in [0.15, 0.2) is 36.7 Å². The lowest BCUT2D eigenvalue weighted by molar-refractivity contribution is 0.0320. The van der Waals surface area contributed by atoms with Crippen molar-refractivity contribution in [3.05, 3.63) is 48.0 Å². The fourth-order valence-electron chi connectivity index (χ4n) is 2.24. The predicted octanol–water partition coefficient (Wildman–Crippen LogP) is 1.53. The standard InChI is InChI=1S/C17H20FN3O3/c18-15-3-1-2-4-16(15)21-9-13(7-20-21)17(23)19-8-14(22)11-24-10-12-5-6-12/h1-4,7,9,12,14,22H,5-6,8,10-11H2,(H,19,23). The number of ether oxygens (including phenoxy) is 1. The van der Waals surface area contributed by atoms with Gasteiger partial charge in [-0.3, -0.25) is 4.79 Å². The van der Waals surface area contributed by atoms with E-state index in [-0.39, 0.29) is 24.7 Å². The fourth-order valence-corrected chi connectivity index (χ4v) is 2.24. The van der Waals surface area contributed by atoms with Gasteiger partial charge in [0.2, 0.25) is 0 Å². The Bertz CT molecular complexity index is 700. The molecule has 1 aromatic heterocycles. The van der Waals surface area contributed by atoms with Crippen molar-refractivity contribution >= 4 is 5.91 Å². The van der Waals surface area contributed by atoms with Gasteiger partial charge in [-0.2, -0.15) is 5.10 Å². The first-order valence-electron chi connectivity index (χ1n) is 7.97. The van der Waals surface area contributed by atoms with Crippen molar-refractivity contribution in [2.75, 3.05) is 19.8 Å². The van der Waals surface area contributed by atoms with Gasteiger partial charge in [0.1, 0.15) is 11.5 Å². The highest BCUT2D eigenvalue weighted by molar-refractivity contribution is 5.93. The summed E-state index contributed by atoms with van der Waals surface area (Å²) in [6.07, 6.45) is 4.44. The summed E-state index contributed by atoms with van der Waals surface area (Å²) in [5, 5.41) is 16.4. The lowest BCUT2D eigenvalue weighted by atomic mass is 10.3. The SMILES string of the molecule is O=C(NCC(O)COCC1CC1)c1cnn(-c2ccccc2F)c1. The van der Waals surface area contributed by atoms with Gasteiger partial charge in [0.15, 0.2) is 0 Å². The molecule has 0 aliphatic heterocycles. The van der Waals surface area contributed by atoms with Crippen LogP contribution in [0, 0.1) is 11.7 Å². The molecule has 2 aromatic rings. The van der Waals surface area contributed by atoms with Crippen LogP contribution in [0.2, 0.25) is 0 Å². The van der Waals surface area contributed by atoms with Gasteiger partial charge in [0.25, 0.3) is 5.91 Å². The average Bonchev–Trinajstić information content (AvgIpc) is 3.27. The Morgan fingerprint density at radius 3 is 3.00 bits per heavy atom. The molecule has 0 saturated heterocycles. The van der Waals surface area contributed by atoms with E-state index in [2.05, 4.69) is 10.4 Å². The van der Waals surface area contributed by atoms with Crippen molar-refractivity contribution in [1.29, 1.82) is 0 Å². The molecule has 3 rings (SSSR count). The van der Waals surface area contributed by atoms with Crippen LogP contribution in [0.4, 0.5) is 4.39 Å². The summed E-state index contributed by atoms with van der Waals surface area (Å²) in [6, 6.07) is 6.18. The summed E-state index contributed by atoms with van der Waals surface area (Å²) in [4.78, 5) is 12.1. The lowest BCUT2D eigenvalue weighted by Crippen LogP contribution is -2.34. The van der Waals surface area contributed by atoms with Gasteiger partial charge < -0.3 is 15.2 Å². The molecular formula is C17H20FN3O3. The van der Waals surface area contributed by atoms with E-state index in [1.807, 2.05) is 0 Å². The molecule has 1 aromatic carbocycles. The summed E-state index contributed by atoms with van der Waals surface area (Å²) in [5.41, 5.74) is 0.564. The third kappa shape index (κ3) is 4.39. The molecule has 1 heterocycles.